The summed E-state index contributed by atoms with van der Waals surface area (Å²) in [4.78, 5) is 23.1. The van der Waals surface area contributed by atoms with Gasteiger partial charge in [-0.1, -0.05) is 6.07 Å². The zero-order chi connectivity index (χ0) is 13.8. The maximum atomic E-state index is 11.9. The van der Waals surface area contributed by atoms with E-state index in [1.807, 2.05) is 6.92 Å². The molecular weight excluding hydrogens is 278 g/mol. The van der Waals surface area contributed by atoms with Crippen molar-refractivity contribution in [1.82, 2.24) is 5.32 Å². The molecule has 6 heteroatoms. The summed E-state index contributed by atoms with van der Waals surface area (Å²) < 4.78 is 0. The van der Waals surface area contributed by atoms with Gasteiger partial charge in [0, 0.05) is 23.7 Å². The minimum atomic E-state index is -0.481. The molecule has 1 fully saturated rings. The third-order valence-corrected chi connectivity index (χ3v) is 3.38. The molecule has 0 spiro atoms. The van der Waals surface area contributed by atoms with Crippen LogP contribution in [0.25, 0.3) is 0 Å². The fraction of sp³-hybridized carbons (Fsp3) is 0.429. The van der Waals surface area contributed by atoms with Crippen LogP contribution >= 0.6 is 12.4 Å². The molecule has 0 radical (unpaired) electrons. The molecule has 110 valence electrons. The summed E-state index contributed by atoms with van der Waals surface area (Å²) in [6.45, 7) is 2.79. The molecule has 0 saturated carbocycles. The number of nitrogens with two attached hydrogens (primary N) is 1. The van der Waals surface area contributed by atoms with Crippen molar-refractivity contribution in [2.24, 2.45) is 5.73 Å². The lowest BCUT2D eigenvalue weighted by molar-refractivity contribution is -0.116. The highest BCUT2D eigenvalue weighted by atomic mass is 35.5. The van der Waals surface area contributed by atoms with Gasteiger partial charge in [0.05, 0.1) is 0 Å². The van der Waals surface area contributed by atoms with Crippen LogP contribution in [0, 0.1) is 6.92 Å². The number of rotatable bonds is 4. The summed E-state index contributed by atoms with van der Waals surface area (Å²) in [5, 5.41) is 6.08. The first-order valence-electron chi connectivity index (χ1n) is 6.50. The standard InChI is InChI=1S/C14H19N3O2.ClH/c1-9-4-5-11(7-12(9)14(15)19)17-13(18)8-10-3-2-6-16-10;/h4-5,7,10,16H,2-3,6,8H2,1H3,(H2,15,19)(H,17,18);1H. The molecule has 0 aromatic heterocycles. The summed E-state index contributed by atoms with van der Waals surface area (Å²) >= 11 is 0. The number of carbonyl (C=O) groups is 2. The van der Waals surface area contributed by atoms with Crippen molar-refractivity contribution in [2.75, 3.05) is 11.9 Å². The number of carbonyl (C=O) groups excluding carboxylic acids is 2. The first-order chi connectivity index (χ1) is 9.06. The van der Waals surface area contributed by atoms with E-state index in [-0.39, 0.29) is 24.4 Å². The van der Waals surface area contributed by atoms with E-state index >= 15 is 0 Å². The van der Waals surface area contributed by atoms with Crippen LogP contribution in [0.2, 0.25) is 0 Å². The lowest BCUT2D eigenvalue weighted by Gasteiger charge is -2.11. The average molecular weight is 298 g/mol. The van der Waals surface area contributed by atoms with Gasteiger partial charge in [0.1, 0.15) is 0 Å². The van der Waals surface area contributed by atoms with Gasteiger partial charge in [-0.25, -0.2) is 0 Å². The number of nitrogens with one attached hydrogen (secondary N) is 2. The van der Waals surface area contributed by atoms with Crippen LogP contribution in [0.4, 0.5) is 5.69 Å². The molecule has 1 saturated heterocycles. The fourth-order valence-electron chi connectivity index (χ4n) is 2.33. The van der Waals surface area contributed by atoms with Gasteiger partial charge >= 0.3 is 0 Å². The number of aryl methyl sites for hydroxylation is 1. The molecule has 1 heterocycles. The molecule has 1 aliphatic rings. The third-order valence-electron chi connectivity index (χ3n) is 3.38. The fourth-order valence-corrected chi connectivity index (χ4v) is 2.33. The first kappa shape index (κ1) is 16.5. The second-order valence-corrected chi connectivity index (χ2v) is 4.94. The van der Waals surface area contributed by atoms with Crippen molar-refractivity contribution in [2.45, 2.75) is 32.2 Å². The highest BCUT2D eigenvalue weighted by molar-refractivity contribution is 5.97. The Kier molecular flexibility index (Phi) is 5.98. The molecule has 5 nitrogen and oxygen atoms in total. The SMILES string of the molecule is Cc1ccc(NC(=O)CC2CCCN2)cc1C(N)=O.Cl. The molecule has 0 aliphatic carbocycles. The molecule has 2 amide bonds. The van der Waals surface area contributed by atoms with Crippen LogP contribution in [-0.4, -0.2) is 24.4 Å². The van der Waals surface area contributed by atoms with Crippen molar-refractivity contribution >= 4 is 29.9 Å². The summed E-state index contributed by atoms with van der Waals surface area (Å²) in [7, 11) is 0. The second kappa shape index (κ2) is 7.26. The number of amides is 2. The normalized spacial score (nSPS) is 17.4. The largest absolute Gasteiger partial charge is 0.366 e. The monoisotopic (exact) mass is 297 g/mol. The van der Waals surface area contributed by atoms with Crippen molar-refractivity contribution in [1.29, 1.82) is 0 Å². The Labute approximate surface area is 124 Å². The molecule has 1 unspecified atom stereocenters. The van der Waals surface area contributed by atoms with Crippen molar-refractivity contribution < 1.29 is 9.59 Å². The number of anilines is 1. The minimum Gasteiger partial charge on any atom is -0.366 e. The van der Waals surface area contributed by atoms with Crippen molar-refractivity contribution in [3.8, 4) is 0 Å². The number of halogens is 1. The molecule has 20 heavy (non-hydrogen) atoms. The van der Waals surface area contributed by atoms with Gasteiger partial charge in [-0.3, -0.25) is 9.59 Å². The summed E-state index contributed by atoms with van der Waals surface area (Å²) in [6, 6.07) is 5.45. The van der Waals surface area contributed by atoms with Crippen LogP contribution < -0.4 is 16.4 Å². The Hall–Kier alpha value is -1.59. The van der Waals surface area contributed by atoms with Crippen LogP contribution in [0.5, 0.6) is 0 Å². The lowest BCUT2D eigenvalue weighted by Crippen LogP contribution is -2.27. The average Bonchev–Trinajstić information content (AvgIpc) is 2.84. The molecule has 1 atom stereocenters. The molecule has 0 bridgehead atoms. The van der Waals surface area contributed by atoms with Crippen molar-refractivity contribution in [3.05, 3.63) is 29.3 Å². The lowest BCUT2D eigenvalue weighted by atomic mass is 10.1. The van der Waals surface area contributed by atoms with Gasteiger partial charge in [-0.15, -0.1) is 12.4 Å². The molecule has 2 rings (SSSR count). The summed E-state index contributed by atoms with van der Waals surface area (Å²) in [5.41, 5.74) is 7.15. The second-order valence-electron chi connectivity index (χ2n) is 4.94. The van der Waals surface area contributed by atoms with Gasteiger partial charge in [-0.2, -0.15) is 0 Å². The van der Waals surface area contributed by atoms with Crippen LogP contribution in [0.1, 0.15) is 35.2 Å². The predicted molar refractivity (Wildman–Crippen MR) is 81.2 cm³/mol. The van der Waals surface area contributed by atoms with E-state index in [0.29, 0.717) is 17.7 Å². The molecule has 1 aromatic rings. The zero-order valence-corrected chi connectivity index (χ0v) is 12.3. The maximum Gasteiger partial charge on any atom is 0.249 e. The van der Waals surface area contributed by atoms with E-state index in [2.05, 4.69) is 10.6 Å². The Bertz CT molecular complexity index is 499. The number of hydrogen-bond acceptors (Lipinski definition) is 3. The molecule has 1 aliphatic heterocycles. The quantitative estimate of drug-likeness (QED) is 0.789. The van der Waals surface area contributed by atoms with E-state index < -0.39 is 5.91 Å². The highest BCUT2D eigenvalue weighted by Crippen LogP contribution is 2.16. The zero-order valence-electron chi connectivity index (χ0n) is 11.4. The summed E-state index contributed by atoms with van der Waals surface area (Å²) in [6.07, 6.45) is 2.61. The van der Waals surface area contributed by atoms with Crippen molar-refractivity contribution in [3.63, 3.8) is 0 Å². The Morgan fingerprint density at radius 3 is 2.80 bits per heavy atom. The number of primary amides is 1. The van der Waals surface area contributed by atoms with Gasteiger partial charge in [-0.05, 0) is 44.0 Å². The van der Waals surface area contributed by atoms with E-state index in [1.54, 1.807) is 18.2 Å². The molecule has 4 N–H and O–H groups in total. The van der Waals surface area contributed by atoms with Gasteiger partial charge in [0.15, 0.2) is 0 Å². The predicted octanol–water partition coefficient (Wildman–Crippen LogP) is 1.60. The molecule has 1 aromatic carbocycles. The van der Waals surface area contributed by atoms with Crippen LogP contribution in [0.3, 0.4) is 0 Å². The topological polar surface area (TPSA) is 84.2 Å². The van der Waals surface area contributed by atoms with Gasteiger partial charge in [0.25, 0.3) is 0 Å². The van der Waals surface area contributed by atoms with Gasteiger partial charge < -0.3 is 16.4 Å². The van der Waals surface area contributed by atoms with Crippen LogP contribution in [-0.2, 0) is 4.79 Å². The van der Waals surface area contributed by atoms with Crippen LogP contribution in [0.15, 0.2) is 18.2 Å². The number of benzene rings is 1. The van der Waals surface area contributed by atoms with Gasteiger partial charge in [0.2, 0.25) is 11.8 Å². The van der Waals surface area contributed by atoms with E-state index in [9.17, 15) is 9.59 Å². The Morgan fingerprint density at radius 2 is 2.20 bits per heavy atom. The van der Waals surface area contributed by atoms with E-state index in [4.69, 9.17) is 5.73 Å². The van der Waals surface area contributed by atoms with E-state index in [0.717, 1.165) is 24.9 Å². The number of hydrogen-bond donors (Lipinski definition) is 3. The smallest absolute Gasteiger partial charge is 0.249 e. The maximum absolute atomic E-state index is 11.9. The molecular formula is C14H20ClN3O2. The highest BCUT2D eigenvalue weighted by Gasteiger charge is 2.17. The summed E-state index contributed by atoms with van der Waals surface area (Å²) in [5.74, 6) is -0.523. The first-order valence-corrected chi connectivity index (χ1v) is 6.50. The Morgan fingerprint density at radius 1 is 1.45 bits per heavy atom. The Balaban J connectivity index is 0.00000200. The third kappa shape index (κ3) is 4.21. The minimum absolute atomic E-state index is 0. The van der Waals surface area contributed by atoms with E-state index in [1.165, 1.54) is 0 Å².